The van der Waals surface area contributed by atoms with Gasteiger partial charge in [0.1, 0.15) is 11.8 Å². The van der Waals surface area contributed by atoms with Crippen molar-refractivity contribution in [2.24, 2.45) is 0 Å². The standard InChI is InChI=1S/C48H70N4O4/c1-13-15-17-19-21-23-41(53)49-37-27-39-35(47(9,10)31(7)51(39)29(3)4)25-33(37)43-45(55)44(46(43)56)34-26-36-40(52(30(5)6)32(8)48(36,11)12)28-38(34)50-42(54)24-22-20-18-16-14-2/h25-32H,13-24H2,1-12H3,(H2,49,50,53,54,55,56)/p+1. The molecule has 0 saturated heterocycles. The van der Waals surface area contributed by atoms with E-state index in [1.807, 2.05) is 24.3 Å². The zero-order valence-electron chi connectivity index (χ0n) is 36.7. The van der Waals surface area contributed by atoms with E-state index in [9.17, 15) is 19.5 Å². The summed E-state index contributed by atoms with van der Waals surface area (Å²) in [5.41, 5.74) is 4.76. The number of nitrogens with zero attached hydrogens (tertiary/aromatic N) is 2. The maximum Gasteiger partial charge on any atom is 0.224 e. The van der Waals surface area contributed by atoms with E-state index in [1.165, 1.54) is 0 Å². The predicted molar refractivity (Wildman–Crippen MR) is 233 cm³/mol. The first kappa shape index (κ1) is 43.2. The van der Waals surface area contributed by atoms with Crippen molar-refractivity contribution in [3.05, 3.63) is 57.3 Å². The van der Waals surface area contributed by atoms with Crippen LogP contribution in [0.3, 0.4) is 0 Å². The number of carbonyl (C=O) groups excluding carboxylic acids is 3. The van der Waals surface area contributed by atoms with Crippen LogP contribution in [0.5, 0.6) is 0 Å². The highest BCUT2D eigenvalue weighted by atomic mass is 16.3. The average Bonchev–Trinajstić information content (AvgIpc) is 3.44. The van der Waals surface area contributed by atoms with Gasteiger partial charge in [0.15, 0.2) is 6.04 Å². The number of carbonyl (C=O) groups is 3. The third-order valence-corrected chi connectivity index (χ3v) is 13.3. The van der Waals surface area contributed by atoms with Crippen LogP contribution in [-0.2, 0) is 25.2 Å². The first-order chi connectivity index (χ1) is 26.4. The van der Waals surface area contributed by atoms with E-state index in [-0.39, 0.29) is 69.5 Å². The number of hydrogen-bond donors (Lipinski definition) is 3. The highest BCUT2D eigenvalue weighted by Crippen LogP contribution is 2.51. The molecule has 0 aromatic heterocycles. The van der Waals surface area contributed by atoms with Crippen molar-refractivity contribution in [2.75, 3.05) is 15.5 Å². The number of fused-ring (bicyclic) bond motifs is 2. The van der Waals surface area contributed by atoms with Crippen LogP contribution in [0.1, 0.15) is 177 Å². The molecule has 1 aliphatic carbocycles. The van der Waals surface area contributed by atoms with Gasteiger partial charge in [0.2, 0.25) is 23.0 Å². The number of allylic oxidation sites excluding steroid dienone is 2. The van der Waals surface area contributed by atoms with Crippen LogP contribution in [0.25, 0.3) is 11.1 Å². The number of aliphatic hydroxyl groups excluding tert-OH is 1. The summed E-state index contributed by atoms with van der Waals surface area (Å²) in [4.78, 5) is 44.1. The second-order valence-corrected chi connectivity index (χ2v) is 18.5. The molecule has 2 amide bonds. The Kier molecular flexibility index (Phi) is 13.3. The number of Topliss-reactive ketones (excluding diaryl/α,β-unsaturated/α-hetero) is 1. The molecule has 2 heterocycles. The van der Waals surface area contributed by atoms with Crippen LogP contribution < -0.4 is 30.7 Å². The zero-order chi connectivity index (χ0) is 41.3. The number of anilines is 3. The smallest absolute Gasteiger partial charge is 0.224 e. The van der Waals surface area contributed by atoms with E-state index < -0.39 is 0 Å². The molecule has 8 heteroatoms. The lowest BCUT2D eigenvalue weighted by Crippen LogP contribution is -2.42. The molecule has 2 unspecified atom stereocenters. The van der Waals surface area contributed by atoms with Gasteiger partial charge in [-0.15, -0.1) is 0 Å². The number of hydrogen-bond acceptors (Lipinski definition) is 5. The Bertz CT molecular complexity index is 2000. The monoisotopic (exact) mass is 768 g/mol. The second kappa shape index (κ2) is 17.3. The molecular formula is C48H71N4O4+. The van der Waals surface area contributed by atoms with Crippen LogP contribution in [0.2, 0.25) is 0 Å². The highest BCUT2D eigenvalue weighted by molar-refractivity contribution is 6.52. The largest absolute Gasteiger partial charge is 0.506 e. The lowest BCUT2D eigenvalue weighted by atomic mass is 9.76. The molecule has 0 spiro atoms. The van der Waals surface area contributed by atoms with E-state index in [2.05, 4.69) is 103 Å². The molecule has 2 aromatic carbocycles. The van der Waals surface area contributed by atoms with E-state index in [1.54, 1.807) is 0 Å². The summed E-state index contributed by atoms with van der Waals surface area (Å²) in [7, 11) is 0. The summed E-state index contributed by atoms with van der Waals surface area (Å²) in [5, 5.41) is 20.1. The molecule has 306 valence electrons. The molecule has 0 fully saturated rings. The van der Waals surface area contributed by atoms with E-state index in [4.69, 9.17) is 0 Å². The van der Waals surface area contributed by atoms with Gasteiger partial charge in [-0.2, -0.15) is 0 Å². The van der Waals surface area contributed by atoms with Crippen LogP contribution in [-0.4, -0.2) is 46.9 Å². The Hall–Kier alpha value is -3.94. The molecule has 2 aromatic rings. The maximum atomic E-state index is 14.7. The summed E-state index contributed by atoms with van der Waals surface area (Å²) in [5.74, 6) is -0.579. The van der Waals surface area contributed by atoms with Crippen molar-refractivity contribution in [1.82, 2.24) is 4.58 Å². The van der Waals surface area contributed by atoms with Gasteiger partial charge >= 0.3 is 0 Å². The molecular weight excluding hydrogens is 697 g/mol. The fraction of sp³-hybridized carbons (Fsp3) is 0.625. The fourth-order valence-corrected chi connectivity index (χ4v) is 9.38. The van der Waals surface area contributed by atoms with Gasteiger partial charge in [0, 0.05) is 58.4 Å². The summed E-state index contributed by atoms with van der Waals surface area (Å²) in [6, 6.07) is 8.89. The molecule has 8 nitrogen and oxygen atoms in total. The van der Waals surface area contributed by atoms with Gasteiger partial charge in [-0.1, -0.05) is 79.1 Å². The number of ketones is 1. The number of benzene rings is 2. The Morgan fingerprint density at radius 2 is 1.30 bits per heavy atom. The highest BCUT2D eigenvalue weighted by Gasteiger charge is 2.48. The van der Waals surface area contributed by atoms with E-state index in [0.29, 0.717) is 35.0 Å². The van der Waals surface area contributed by atoms with E-state index >= 15 is 0 Å². The molecule has 3 aliphatic rings. The van der Waals surface area contributed by atoms with Crippen molar-refractivity contribution in [3.63, 3.8) is 0 Å². The van der Waals surface area contributed by atoms with Gasteiger partial charge in [0.05, 0.1) is 27.9 Å². The first-order valence-electron chi connectivity index (χ1n) is 21.8. The van der Waals surface area contributed by atoms with Crippen molar-refractivity contribution < 1.29 is 19.5 Å². The lowest BCUT2D eigenvalue weighted by molar-refractivity contribution is -0.117. The second-order valence-electron chi connectivity index (χ2n) is 18.5. The number of aliphatic hydroxyl groups is 1. The van der Waals surface area contributed by atoms with Crippen molar-refractivity contribution in [3.8, 4) is 0 Å². The van der Waals surface area contributed by atoms with Crippen LogP contribution in [0.15, 0.2) is 30.0 Å². The number of nitrogens with one attached hydrogen (secondary N) is 2. The molecule has 0 radical (unpaired) electrons. The fourth-order valence-electron chi connectivity index (χ4n) is 9.38. The summed E-state index contributed by atoms with van der Waals surface area (Å²) in [6.07, 6.45) is 11.2. The molecule has 56 heavy (non-hydrogen) atoms. The zero-order valence-corrected chi connectivity index (χ0v) is 36.7. The van der Waals surface area contributed by atoms with E-state index in [0.717, 1.165) is 86.4 Å². The summed E-state index contributed by atoms with van der Waals surface area (Å²) >= 11 is 0. The third-order valence-electron chi connectivity index (χ3n) is 13.3. The molecule has 0 saturated carbocycles. The minimum absolute atomic E-state index is 0.0930. The minimum atomic E-state index is -0.290. The summed E-state index contributed by atoms with van der Waals surface area (Å²) in [6.45, 7) is 26.4. The Morgan fingerprint density at radius 1 is 0.750 bits per heavy atom. The van der Waals surface area contributed by atoms with Gasteiger partial charge in [-0.05, 0) is 92.0 Å². The van der Waals surface area contributed by atoms with Gasteiger partial charge in [-0.3, -0.25) is 14.4 Å². The van der Waals surface area contributed by atoms with Crippen molar-refractivity contribution in [2.45, 2.75) is 195 Å². The molecule has 2 aliphatic heterocycles. The topological polar surface area (TPSA) is 102 Å². The Balaban J connectivity index is 1.67. The van der Waals surface area contributed by atoms with Crippen LogP contribution in [0.4, 0.5) is 17.1 Å². The third kappa shape index (κ3) is 8.09. The lowest BCUT2D eigenvalue weighted by Gasteiger charge is -2.34. The molecule has 2 atom stereocenters. The summed E-state index contributed by atoms with van der Waals surface area (Å²) < 4.78 is 2.39. The van der Waals surface area contributed by atoms with Crippen molar-refractivity contribution >= 4 is 45.8 Å². The van der Waals surface area contributed by atoms with Gasteiger partial charge < -0.3 is 20.6 Å². The van der Waals surface area contributed by atoms with Crippen molar-refractivity contribution in [1.29, 1.82) is 0 Å². The molecule has 5 rings (SSSR count). The number of unbranched alkanes of at least 4 members (excludes halogenated alkanes) is 8. The first-order valence-corrected chi connectivity index (χ1v) is 21.8. The minimum Gasteiger partial charge on any atom is -0.506 e. The average molecular weight is 768 g/mol. The Labute approximate surface area is 336 Å². The molecule has 0 bridgehead atoms. The number of rotatable bonds is 17. The van der Waals surface area contributed by atoms with Gasteiger partial charge in [-0.25, -0.2) is 4.58 Å². The Morgan fingerprint density at radius 3 is 1.82 bits per heavy atom. The van der Waals surface area contributed by atoms with Crippen LogP contribution in [0, 0.1) is 0 Å². The normalized spacial score (nSPS) is 20.5. The maximum absolute atomic E-state index is 14.7. The number of amides is 2. The van der Waals surface area contributed by atoms with Gasteiger partial charge in [0.25, 0.3) is 0 Å². The van der Waals surface area contributed by atoms with Crippen LogP contribution >= 0.6 is 0 Å². The quantitative estimate of drug-likeness (QED) is 0.110. The molecule has 3 N–H and O–H groups in total. The SMILES string of the molecule is CCCCCCCC(=O)Nc1cc2c(cc1C1=C(O)C(=c3cc4c(cc3NC(=O)CCCCCCC)=[N+](C(C)C)C(C)C4(C)C)C1=O)C(C)(C)C(C)N2C(C)C. The predicted octanol–water partition coefficient (Wildman–Crippen LogP) is 9.46.